The Labute approximate surface area is 360 Å². The molecule has 0 aliphatic carbocycles. The first kappa shape index (κ1) is 35.7. The van der Waals surface area contributed by atoms with Gasteiger partial charge in [-0.15, -0.1) is 0 Å². The van der Waals surface area contributed by atoms with Crippen molar-refractivity contribution < 1.29 is 4.42 Å². The number of nitrogens with zero attached hydrogens (tertiary/aromatic N) is 1. The van der Waals surface area contributed by atoms with Gasteiger partial charge in [0, 0.05) is 38.5 Å². The zero-order chi connectivity index (χ0) is 41.0. The molecule has 1 aromatic heterocycles. The summed E-state index contributed by atoms with van der Waals surface area (Å²) in [6, 6.07) is 85.2. The fourth-order valence-corrected chi connectivity index (χ4v) is 9.51. The van der Waals surface area contributed by atoms with E-state index in [1.165, 1.54) is 44.0 Å². The minimum atomic E-state index is 0.893. The number of fused-ring (bicyclic) bond motifs is 9. The van der Waals surface area contributed by atoms with Gasteiger partial charge in [0.1, 0.15) is 11.2 Å². The summed E-state index contributed by atoms with van der Waals surface area (Å²) in [5.41, 5.74) is 14.4. The fraction of sp³-hybridized carbons (Fsp3) is 0. The van der Waals surface area contributed by atoms with Crippen molar-refractivity contribution in [3.63, 3.8) is 0 Å². The molecule has 290 valence electrons. The van der Waals surface area contributed by atoms with Gasteiger partial charge in [-0.25, -0.2) is 0 Å². The lowest BCUT2D eigenvalue weighted by atomic mass is 9.91. The first-order chi connectivity index (χ1) is 30.8. The molecule has 0 spiro atoms. The second kappa shape index (κ2) is 14.8. The molecule has 0 unspecified atom stereocenters. The standard InChI is InChI=1S/C60H39NO/c1-4-16-40(17-5-1)43-28-32-46(33-29-43)61(47-34-30-44(31-35-47)41-18-6-2-7-19-41)57-37-36-51(48-22-10-13-25-52(48)57)55-38-45(42-20-8-3-9-21-42)39-56-58-53-26-14-11-23-49(53)50-24-12-15-27-54(50)60(58)62-59(55)56/h1-39H. The van der Waals surface area contributed by atoms with Crippen molar-refractivity contribution in [2.75, 3.05) is 4.90 Å². The molecule has 0 saturated heterocycles. The molecule has 62 heavy (non-hydrogen) atoms. The quantitative estimate of drug-likeness (QED) is 0.150. The average molecular weight is 790 g/mol. The van der Waals surface area contributed by atoms with Crippen LogP contribution in [0.4, 0.5) is 17.1 Å². The Hall–Kier alpha value is -8.20. The summed E-state index contributed by atoms with van der Waals surface area (Å²) >= 11 is 0. The molecule has 0 N–H and O–H groups in total. The van der Waals surface area contributed by atoms with Crippen molar-refractivity contribution in [1.82, 2.24) is 0 Å². The number of furan rings is 1. The summed E-state index contributed by atoms with van der Waals surface area (Å²) in [5, 5.41) is 9.31. The molecule has 2 heteroatoms. The van der Waals surface area contributed by atoms with Crippen molar-refractivity contribution >= 4 is 71.3 Å². The van der Waals surface area contributed by atoms with Gasteiger partial charge in [0.25, 0.3) is 0 Å². The third kappa shape index (κ3) is 5.96. The first-order valence-corrected chi connectivity index (χ1v) is 21.3. The highest BCUT2D eigenvalue weighted by molar-refractivity contribution is 6.31. The van der Waals surface area contributed by atoms with E-state index in [0.717, 1.165) is 71.8 Å². The maximum atomic E-state index is 7.20. The monoisotopic (exact) mass is 789 g/mol. The van der Waals surface area contributed by atoms with Gasteiger partial charge in [0.2, 0.25) is 0 Å². The van der Waals surface area contributed by atoms with Gasteiger partial charge in [0.15, 0.2) is 0 Å². The largest absolute Gasteiger partial charge is 0.455 e. The minimum absolute atomic E-state index is 0.893. The summed E-state index contributed by atoms with van der Waals surface area (Å²) in [4.78, 5) is 2.39. The lowest BCUT2D eigenvalue weighted by Crippen LogP contribution is -2.10. The van der Waals surface area contributed by atoms with E-state index in [2.05, 4.69) is 241 Å². The van der Waals surface area contributed by atoms with E-state index in [4.69, 9.17) is 4.42 Å². The van der Waals surface area contributed by atoms with Crippen LogP contribution in [0.5, 0.6) is 0 Å². The van der Waals surface area contributed by atoms with Gasteiger partial charge in [-0.3, -0.25) is 0 Å². The number of benzene rings is 11. The topological polar surface area (TPSA) is 16.4 Å². The second-order valence-electron chi connectivity index (χ2n) is 16.0. The zero-order valence-corrected chi connectivity index (χ0v) is 33.9. The van der Waals surface area contributed by atoms with Gasteiger partial charge < -0.3 is 9.32 Å². The van der Waals surface area contributed by atoms with Crippen molar-refractivity contribution in [3.8, 4) is 44.5 Å². The van der Waals surface area contributed by atoms with Crippen LogP contribution < -0.4 is 4.90 Å². The van der Waals surface area contributed by atoms with Crippen LogP contribution >= 0.6 is 0 Å². The fourth-order valence-electron chi connectivity index (χ4n) is 9.51. The lowest BCUT2D eigenvalue weighted by molar-refractivity contribution is 0.674. The number of rotatable bonds is 7. The molecule has 11 aromatic carbocycles. The Balaban J connectivity index is 1.10. The molecule has 2 nitrogen and oxygen atoms in total. The number of hydrogen-bond donors (Lipinski definition) is 0. The molecule has 12 rings (SSSR count). The van der Waals surface area contributed by atoms with E-state index in [1.807, 2.05) is 0 Å². The van der Waals surface area contributed by atoms with Crippen LogP contribution in [0.25, 0.3) is 98.8 Å². The predicted octanol–water partition coefficient (Wildman–Crippen LogP) is 17.2. The summed E-state index contributed by atoms with van der Waals surface area (Å²) in [5.74, 6) is 0. The highest BCUT2D eigenvalue weighted by atomic mass is 16.3. The molecule has 0 amide bonds. The van der Waals surface area contributed by atoms with Gasteiger partial charge in [-0.2, -0.15) is 0 Å². The Morgan fingerprint density at radius 1 is 0.258 bits per heavy atom. The highest BCUT2D eigenvalue weighted by Gasteiger charge is 2.23. The smallest absolute Gasteiger partial charge is 0.143 e. The van der Waals surface area contributed by atoms with Gasteiger partial charge in [-0.1, -0.05) is 194 Å². The van der Waals surface area contributed by atoms with Gasteiger partial charge in [-0.05, 0) is 103 Å². The van der Waals surface area contributed by atoms with E-state index < -0.39 is 0 Å². The maximum Gasteiger partial charge on any atom is 0.143 e. The molecule has 0 saturated carbocycles. The summed E-state index contributed by atoms with van der Waals surface area (Å²) in [7, 11) is 0. The Morgan fingerprint density at radius 3 is 1.26 bits per heavy atom. The maximum absolute atomic E-state index is 7.20. The van der Waals surface area contributed by atoms with Gasteiger partial charge in [0.05, 0.1) is 5.69 Å². The van der Waals surface area contributed by atoms with Crippen LogP contribution in [0.3, 0.4) is 0 Å². The number of anilines is 3. The molecular formula is C60H39NO. The third-order valence-corrected chi connectivity index (χ3v) is 12.5. The van der Waals surface area contributed by atoms with Crippen LogP contribution in [0, 0.1) is 0 Å². The Kier molecular flexibility index (Phi) is 8.53. The molecule has 0 atom stereocenters. The van der Waals surface area contributed by atoms with E-state index >= 15 is 0 Å². The molecule has 0 bridgehead atoms. The summed E-state index contributed by atoms with van der Waals surface area (Å²) in [6.07, 6.45) is 0. The van der Waals surface area contributed by atoms with Crippen molar-refractivity contribution in [3.05, 3.63) is 237 Å². The van der Waals surface area contributed by atoms with E-state index in [9.17, 15) is 0 Å². The van der Waals surface area contributed by atoms with Crippen LogP contribution in [0.1, 0.15) is 0 Å². The molecule has 0 aliphatic rings. The number of hydrogen-bond acceptors (Lipinski definition) is 2. The predicted molar refractivity (Wildman–Crippen MR) is 263 cm³/mol. The molecule has 0 fully saturated rings. The molecule has 1 heterocycles. The zero-order valence-electron chi connectivity index (χ0n) is 33.9. The SMILES string of the molecule is c1ccc(-c2ccc(N(c3ccc(-c4ccccc4)cc3)c3ccc(-c4cc(-c5ccccc5)cc5c4oc4c6ccccc6c6ccccc6c54)c4ccccc34)cc2)cc1. The molecule has 12 aromatic rings. The summed E-state index contributed by atoms with van der Waals surface area (Å²) < 4.78 is 7.20. The second-order valence-corrected chi connectivity index (χ2v) is 16.0. The summed E-state index contributed by atoms with van der Waals surface area (Å²) in [6.45, 7) is 0. The third-order valence-electron chi connectivity index (χ3n) is 12.5. The van der Waals surface area contributed by atoms with Crippen LogP contribution in [-0.2, 0) is 0 Å². The van der Waals surface area contributed by atoms with Crippen molar-refractivity contribution in [2.24, 2.45) is 0 Å². The Morgan fingerprint density at radius 2 is 0.694 bits per heavy atom. The van der Waals surface area contributed by atoms with Crippen molar-refractivity contribution in [2.45, 2.75) is 0 Å². The van der Waals surface area contributed by atoms with Crippen molar-refractivity contribution in [1.29, 1.82) is 0 Å². The van der Waals surface area contributed by atoms with E-state index in [1.54, 1.807) is 0 Å². The Bertz CT molecular complexity index is 3510. The first-order valence-electron chi connectivity index (χ1n) is 21.3. The minimum Gasteiger partial charge on any atom is -0.455 e. The van der Waals surface area contributed by atoms with Crippen LogP contribution in [-0.4, -0.2) is 0 Å². The highest BCUT2D eigenvalue weighted by Crippen LogP contribution is 2.48. The van der Waals surface area contributed by atoms with Gasteiger partial charge >= 0.3 is 0 Å². The van der Waals surface area contributed by atoms with E-state index in [0.29, 0.717) is 0 Å². The van der Waals surface area contributed by atoms with E-state index in [-0.39, 0.29) is 0 Å². The molecule has 0 aliphatic heterocycles. The molecule has 0 radical (unpaired) electrons. The normalized spacial score (nSPS) is 11.5. The molecular weight excluding hydrogens is 751 g/mol. The lowest BCUT2D eigenvalue weighted by Gasteiger charge is -2.28. The van der Waals surface area contributed by atoms with Crippen LogP contribution in [0.2, 0.25) is 0 Å². The average Bonchev–Trinajstić information content (AvgIpc) is 3.75. The van der Waals surface area contributed by atoms with Crippen LogP contribution in [0.15, 0.2) is 241 Å².